The molecule has 2 nitrogen and oxygen atoms in total. The van der Waals surface area contributed by atoms with Gasteiger partial charge in [0.25, 0.3) is 0 Å². The molecule has 0 aliphatic carbocycles. The van der Waals surface area contributed by atoms with Gasteiger partial charge in [0.05, 0.1) is 11.7 Å². The maximum atomic E-state index is 10.0. The lowest BCUT2D eigenvalue weighted by Gasteiger charge is -2.18. The summed E-state index contributed by atoms with van der Waals surface area (Å²) in [4.78, 5) is 0. The number of hydrogen-bond donors (Lipinski definition) is 2. The Morgan fingerprint density at radius 2 is 2.00 bits per heavy atom. The second kappa shape index (κ2) is 7.64. The molecule has 0 saturated carbocycles. The van der Waals surface area contributed by atoms with Gasteiger partial charge in [0, 0.05) is 0 Å². The van der Waals surface area contributed by atoms with Crippen LogP contribution in [0.2, 0.25) is 0 Å². The molecular formula is C14H26O2. The van der Waals surface area contributed by atoms with Gasteiger partial charge in [-0.25, -0.2) is 0 Å². The summed E-state index contributed by atoms with van der Waals surface area (Å²) in [5, 5.41) is 19.4. The third-order valence-corrected chi connectivity index (χ3v) is 2.56. The van der Waals surface area contributed by atoms with Crippen molar-refractivity contribution in [2.24, 2.45) is 0 Å². The monoisotopic (exact) mass is 226 g/mol. The number of aliphatic hydroxyl groups is 2. The molecule has 0 saturated heterocycles. The first kappa shape index (κ1) is 15.4. The van der Waals surface area contributed by atoms with E-state index in [1.165, 1.54) is 5.57 Å². The van der Waals surface area contributed by atoms with E-state index >= 15 is 0 Å². The molecule has 0 amide bonds. The Kier molecular flexibility index (Phi) is 7.35. The van der Waals surface area contributed by atoms with Gasteiger partial charge in [-0.1, -0.05) is 30.7 Å². The fourth-order valence-electron chi connectivity index (χ4n) is 1.38. The van der Waals surface area contributed by atoms with Crippen LogP contribution in [0.25, 0.3) is 0 Å². The summed E-state index contributed by atoms with van der Waals surface area (Å²) in [5.74, 6) is 0. The van der Waals surface area contributed by atoms with Crippen LogP contribution in [0.4, 0.5) is 0 Å². The minimum atomic E-state index is -0.764. The fourth-order valence-corrected chi connectivity index (χ4v) is 1.38. The lowest BCUT2D eigenvalue weighted by molar-refractivity contribution is 0.102. The topological polar surface area (TPSA) is 40.5 Å². The third-order valence-electron chi connectivity index (χ3n) is 2.56. The van der Waals surface area contributed by atoms with E-state index in [2.05, 4.69) is 19.9 Å². The van der Waals surface area contributed by atoms with Crippen molar-refractivity contribution in [3.63, 3.8) is 0 Å². The number of aliphatic hydroxyl groups excluding tert-OH is 1. The Morgan fingerprint density at radius 3 is 2.50 bits per heavy atom. The molecule has 0 heterocycles. The predicted molar refractivity (Wildman–Crippen MR) is 69.3 cm³/mol. The molecule has 94 valence electrons. The minimum Gasteiger partial charge on any atom is -0.393 e. The van der Waals surface area contributed by atoms with E-state index in [1.54, 1.807) is 13.0 Å². The molecule has 0 aromatic heterocycles. The van der Waals surface area contributed by atoms with Crippen LogP contribution in [-0.2, 0) is 0 Å². The Balaban J connectivity index is 3.98. The Morgan fingerprint density at radius 1 is 1.38 bits per heavy atom. The summed E-state index contributed by atoms with van der Waals surface area (Å²) in [5.41, 5.74) is 0.514. The predicted octanol–water partition coefficient (Wildman–Crippen LogP) is 3.20. The van der Waals surface area contributed by atoms with Crippen molar-refractivity contribution in [2.45, 2.75) is 65.1 Å². The summed E-state index contributed by atoms with van der Waals surface area (Å²) in [6, 6.07) is 0. The Bertz CT molecular complexity index is 235. The molecule has 16 heavy (non-hydrogen) atoms. The van der Waals surface area contributed by atoms with Crippen LogP contribution >= 0.6 is 0 Å². The highest BCUT2D eigenvalue weighted by Crippen LogP contribution is 2.15. The van der Waals surface area contributed by atoms with Crippen molar-refractivity contribution in [1.29, 1.82) is 0 Å². The summed E-state index contributed by atoms with van der Waals surface area (Å²) in [7, 11) is 0. The number of rotatable bonds is 7. The highest BCUT2D eigenvalue weighted by atomic mass is 16.3. The van der Waals surface area contributed by atoms with Crippen LogP contribution in [0.3, 0.4) is 0 Å². The van der Waals surface area contributed by atoms with Gasteiger partial charge in [-0.2, -0.15) is 0 Å². The smallest absolute Gasteiger partial charge is 0.0802 e. The summed E-state index contributed by atoms with van der Waals surface area (Å²) >= 11 is 0. The van der Waals surface area contributed by atoms with E-state index in [-0.39, 0.29) is 6.10 Å². The fraction of sp³-hybridized carbons (Fsp3) is 0.714. The van der Waals surface area contributed by atoms with E-state index in [4.69, 9.17) is 0 Å². The summed E-state index contributed by atoms with van der Waals surface area (Å²) in [6.07, 6.45) is 8.49. The number of allylic oxidation sites excluding steroid dienone is 2. The van der Waals surface area contributed by atoms with Gasteiger partial charge in [0.15, 0.2) is 0 Å². The first-order valence-electron chi connectivity index (χ1n) is 6.09. The van der Waals surface area contributed by atoms with Gasteiger partial charge < -0.3 is 10.2 Å². The molecule has 0 spiro atoms. The largest absolute Gasteiger partial charge is 0.393 e. The van der Waals surface area contributed by atoms with Crippen molar-refractivity contribution in [2.75, 3.05) is 0 Å². The highest BCUT2D eigenvalue weighted by molar-refractivity contribution is 5.01. The average Bonchev–Trinajstić information content (AvgIpc) is 2.16. The first-order chi connectivity index (χ1) is 7.37. The van der Waals surface area contributed by atoms with Crippen LogP contribution in [0.5, 0.6) is 0 Å². The summed E-state index contributed by atoms with van der Waals surface area (Å²) in [6.45, 7) is 7.87. The molecule has 2 unspecified atom stereocenters. The van der Waals surface area contributed by atoms with E-state index in [0.29, 0.717) is 6.42 Å². The molecule has 2 N–H and O–H groups in total. The quantitative estimate of drug-likeness (QED) is 0.654. The van der Waals surface area contributed by atoms with Gasteiger partial charge in [0.2, 0.25) is 0 Å². The lowest BCUT2D eigenvalue weighted by Crippen LogP contribution is -2.20. The molecule has 0 aliphatic rings. The van der Waals surface area contributed by atoms with Gasteiger partial charge in [-0.15, -0.1) is 0 Å². The van der Waals surface area contributed by atoms with Crippen LogP contribution in [-0.4, -0.2) is 21.9 Å². The van der Waals surface area contributed by atoms with E-state index in [9.17, 15) is 10.2 Å². The van der Waals surface area contributed by atoms with Crippen molar-refractivity contribution in [3.8, 4) is 0 Å². The SMILES string of the molecule is CCC(O)CC=CC(C)(O)CCC=C(C)C. The van der Waals surface area contributed by atoms with Crippen molar-refractivity contribution in [3.05, 3.63) is 23.8 Å². The van der Waals surface area contributed by atoms with E-state index in [0.717, 1.165) is 19.3 Å². The molecule has 0 aliphatic heterocycles. The second-order valence-electron chi connectivity index (χ2n) is 4.88. The molecule has 2 atom stereocenters. The molecule has 0 aromatic carbocycles. The zero-order chi connectivity index (χ0) is 12.6. The van der Waals surface area contributed by atoms with Gasteiger partial charge in [0.1, 0.15) is 0 Å². The van der Waals surface area contributed by atoms with Gasteiger partial charge in [-0.3, -0.25) is 0 Å². The zero-order valence-electron chi connectivity index (χ0n) is 11.0. The van der Waals surface area contributed by atoms with Crippen LogP contribution in [0.15, 0.2) is 23.8 Å². The zero-order valence-corrected chi connectivity index (χ0v) is 11.0. The van der Waals surface area contributed by atoms with Gasteiger partial charge >= 0.3 is 0 Å². The summed E-state index contributed by atoms with van der Waals surface area (Å²) < 4.78 is 0. The lowest BCUT2D eigenvalue weighted by atomic mass is 9.98. The van der Waals surface area contributed by atoms with Crippen molar-refractivity contribution >= 4 is 0 Å². The highest BCUT2D eigenvalue weighted by Gasteiger charge is 2.14. The molecule has 0 aromatic rings. The number of hydrogen-bond acceptors (Lipinski definition) is 2. The standard InChI is InChI=1S/C14H26O2/c1-5-13(15)9-7-11-14(4,16)10-6-8-12(2)3/h7-8,11,13,15-16H,5-6,9-10H2,1-4H3. The average molecular weight is 226 g/mol. The minimum absolute atomic E-state index is 0.287. The van der Waals surface area contributed by atoms with Crippen LogP contribution in [0, 0.1) is 0 Å². The Labute approximate surface area is 99.7 Å². The normalized spacial score (nSPS) is 17.1. The Hall–Kier alpha value is -0.600. The second-order valence-corrected chi connectivity index (χ2v) is 4.88. The molecule has 0 rings (SSSR count). The molecule has 0 radical (unpaired) electrons. The van der Waals surface area contributed by atoms with E-state index in [1.807, 2.05) is 13.0 Å². The van der Waals surface area contributed by atoms with Crippen molar-refractivity contribution in [1.82, 2.24) is 0 Å². The molecule has 0 bridgehead atoms. The maximum Gasteiger partial charge on any atom is 0.0802 e. The molecular weight excluding hydrogens is 200 g/mol. The van der Waals surface area contributed by atoms with Crippen molar-refractivity contribution < 1.29 is 10.2 Å². The third kappa shape index (κ3) is 8.69. The van der Waals surface area contributed by atoms with Gasteiger partial charge in [-0.05, 0) is 46.5 Å². The van der Waals surface area contributed by atoms with Crippen LogP contribution < -0.4 is 0 Å². The first-order valence-corrected chi connectivity index (χ1v) is 6.09. The molecule has 2 heteroatoms. The van der Waals surface area contributed by atoms with E-state index < -0.39 is 5.60 Å². The maximum absolute atomic E-state index is 10.0. The van der Waals surface area contributed by atoms with Crippen LogP contribution in [0.1, 0.15) is 53.4 Å². The molecule has 0 fully saturated rings.